The molecule has 0 bridgehead atoms. The smallest absolute Gasteiger partial charge is 0.491 e. The Labute approximate surface area is 179 Å². The molecule has 0 atom stereocenters. The lowest BCUT2D eigenvalue weighted by Crippen LogP contribution is -2.29. The molecule has 8 heteroatoms. The highest BCUT2D eigenvalue weighted by molar-refractivity contribution is 5.88. The summed E-state index contributed by atoms with van der Waals surface area (Å²) in [6.45, 7) is 1.15. The summed E-state index contributed by atoms with van der Waals surface area (Å²) in [7, 11) is 0. The van der Waals surface area contributed by atoms with Crippen molar-refractivity contribution in [1.82, 2.24) is 5.32 Å². The Morgan fingerprint density at radius 3 is 2.26 bits per heavy atom. The van der Waals surface area contributed by atoms with Crippen LogP contribution < -0.4 is 10.1 Å². The van der Waals surface area contributed by atoms with Crippen molar-refractivity contribution in [3.63, 3.8) is 0 Å². The molecule has 0 heterocycles. The van der Waals surface area contributed by atoms with Gasteiger partial charge in [0.15, 0.2) is 0 Å². The van der Waals surface area contributed by atoms with Crippen LogP contribution in [0.15, 0.2) is 54.6 Å². The molecule has 0 aliphatic rings. The number of ether oxygens (including phenoxy) is 2. The molecule has 0 aromatic heterocycles. The van der Waals surface area contributed by atoms with Crippen LogP contribution in [0.25, 0.3) is 0 Å². The average molecular weight is 437 g/mol. The molecule has 0 saturated heterocycles. The fourth-order valence-electron chi connectivity index (χ4n) is 2.78. The van der Waals surface area contributed by atoms with E-state index in [2.05, 4.69) is 22.2 Å². The van der Waals surface area contributed by atoms with Gasteiger partial charge in [-0.3, -0.25) is 4.79 Å². The number of nitrogens with one attached hydrogen (secondary N) is 1. The molecule has 2 rings (SSSR count). The summed E-state index contributed by atoms with van der Waals surface area (Å²) in [6, 6.07) is 17.8. The van der Waals surface area contributed by atoms with Gasteiger partial charge in [-0.25, -0.2) is 4.79 Å². The summed E-state index contributed by atoms with van der Waals surface area (Å²) in [5.74, 6) is -2.95. The van der Waals surface area contributed by atoms with Crippen LogP contribution in [0.1, 0.15) is 36.8 Å². The van der Waals surface area contributed by atoms with Crippen molar-refractivity contribution < 1.29 is 32.2 Å². The van der Waals surface area contributed by atoms with Gasteiger partial charge >= 0.3 is 18.1 Å². The number of unbranched alkanes of at least 4 members (excludes halogenated alkanes) is 2. The molecular formula is C23H26F3NO4. The van der Waals surface area contributed by atoms with Crippen molar-refractivity contribution in [2.24, 2.45) is 0 Å². The molecule has 2 aromatic rings. The number of benzene rings is 2. The topological polar surface area (TPSA) is 64.6 Å². The molecule has 0 unspecified atom stereocenters. The fourth-order valence-corrected chi connectivity index (χ4v) is 2.78. The molecule has 0 spiro atoms. The van der Waals surface area contributed by atoms with Crippen LogP contribution in [0, 0.1) is 0 Å². The van der Waals surface area contributed by atoms with Gasteiger partial charge in [0.25, 0.3) is 0 Å². The number of hydrogen-bond donors (Lipinski definition) is 1. The Hall–Kier alpha value is -2.87. The Balaban J connectivity index is 1.54. The SMILES string of the molecule is O=C(CCNCc1ccc(OCCCCCc2ccccc2)cc1)OC(=O)C(F)(F)F. The highest BCUT2D eigenvalue weighted by Crippen LogP contribution is 2.17. The maximum Gasteiger partial charge on any atom is 0.491 e. The van der Waals surface area contributed by atoms with Gasteiger partial charge in [-0.15, -0.1) is 0 Å². The molecule has 2 aromatic carbocycles. The van der Waals surface area contributed by atoms with E-state index in [-0.39, 0.29) is 13.0 Å². The molecule has 0 aliphatic carbocycles. The van der Waals surface area contributed by atoms with Gasteiger partial charge in [0.1, 0.15) is 5.75 Å². The molecule has 0 amide bonds. The lowest BCUT2D eigenvalue weighted by Gasteiger charge is -2.09. The first kappa shape index (κ1) is 24.4. The largest absolute Gasteiger partial charge is 0.494 e. The second-order valence-corrected chi connectivity index (χ2v) is 6.97. The second kappa shape index (κ2) is 12.7. The average Bonchev–Trinajstić information content (AvgIpc) is 2.74. The molecule has 1 N–H and O–H groups in total. The van der Waals surface area contributed by atoms with Crippen LogP contribution >= 0.6 is 0 Å². The molecule has 0 radical (unpaired) electrons. The van der Waals surface area contributed by atoms with Crippen molar-refractivity contribution in [2.45, 2.75) is 44.8 Å². The molecule has 168 valence electrons. The van der Waals surface area contributed by atoms with Crippen LogP contribution in [-0.2, 0) is 27.3 Å². The van der Waals surface area contributed by atoms with Crippen LogP contribution in [0.2, 0.25) is 0 Å². The predicted octanol–water partition coefficient (Wildman–Crippen LogP) is 4.59. The summed E-state index contributed by atoms with van der Waals surface area (Å²) >= 11 is 0. The zero-order chi connectivity index (χ0) is 22.5. The Morgan fingerprint density at radius 2 is 1.58 bits per heavy atom. The highest BCUT2D eigenvalue weighted by atomic mass is 19.4. The van der Waals surface area contributed by atoms with E-state index in [4.69, 9.17) is 4.74 Å². The number of alkyl halides is 3. The lowest BCUT2D eigenvalue weighted by atomic mass is 10.1. The number of carbonyl (C=O) groups is 2. The molecule has 31 heavy (non-hydrogen) atoms. The Kier molecular flexibility index (Phi) is 10.0. The third kappa shape index (κ3) is 10.1. The zero-order valence-electron chi connectivity index (χ0n) is 17.1. The molecule has 0 aliphatic heterocycles. The molecule has 0 saturated carbocycles. The normalized spacial score (nSPS) is 11.2. The van der Waals surface area contributed by atoms with Gasteiger partial charge in [-0.05, 0) is 48.9 Å². The van der Waals surface area contributed by atoms with Crippen LogP contribution in [-0.4, -0.2) is 31.3 Å². The molecule has 0 fully saturated rings. The maximum absolute atomic E-state index is 12.0. The summed E-state index contributed by atoms with van der Waals surface area (Å²) in [4.78, 5) is 21.7. The Morgan fingerprint density at radius 1 is 0.871 bits per heavy atom. The number of halogens is 3. The minimum absolute atomic E-state index is 0.0885. The number of esters is 2. The number of rotatable bonds is 12. The summed E-state index contributed by atoms with van der Waals surface area (Å²) in [5, 5.41) is 2.91. The van der Waals surface area contributed by atoms with E-state index in [0.717, 1.165) is 37.0 Å². The monoisotopic (exact) mass is 437 g/mol. The van der Waals surface area contributed by atoms with Crippen molar-refractivity contribution in [3.05, 3.63) is 65.7 Å². The van der Waals surface area contributed by atoms with E-state index in [9.17, 15) is 22.8 Å². The lowest BCUT2D eigenvalue weighted by molar-refractivity contribution is -0.201. The Bertz CT molecular complexity index is 808. The van der Waals surface area contributed by atoms with Crippen molar-refractivity contribution in [3.8, 4) is 5.75 Å². The minimum Gasteiger partial charge on any atom is -0.494 e. The van der Waals surface area contributed by atoms with Crippen LogP contribution in [0.3, 0.4) is 0 Å². The minimum atomic E-state index is -5.17. The van der Waals surface area contributed by atoms with Gasteiger partial charge < -0.3 is 14.8 Å². The highest BCUT2D eigenvalue weighted by Gasteiger charge is 2.42. The first-order chi connectivity index (χ1) is 14.8. The van der Waals surface area contributed by atoms with Gasteiger partial charge in [0, 0.05) is 13.1 Å². The first-order valence-corrected chi connectivity index (χ1v) is 10.1. The predicted molar refractivity (Wildman–Crippen MR) is 109 cm³/mol. The number of carbonyl (C=O) groups excluding carboxylic acids is 2. The number of aryl methyl sites for hydroxylation is 1. The summed E-state index contributed by atoms with van der Waals surface area (Å²) in [5.41, 5.74) is 2.27. The van der Waals surface area contributed by atoms with Crippen molar-refractivity contribution in [2.75, 3.05) is 13.2 Å². The fraction of sp³-hybridized carbons (Fsp3) is 0.391. The molecular weight excluding hydrogens is 411 g/mol. The zero-order valence-corrected chi connectivity index (χ0v) is 17.1. The van der Waals surface area contributed by atoms with Crippen LogP contribution in [0.5, 0.6) is 5.75 Å². The van der Waals surface area contributed by atoms with Gasteiger partial charge in [0.05, 0.1) is 13.0 Å². The van der Waals surface area contributed by atoms with E-state index in [1.165, 1.54) is 5.56 Å². The van der Waals surface area contributed by atoms with Crippen molar-refractivity contribution in [1.29, 1.82) is 0 Å². The van der Waals surface area contributed by atoms with E-state index in [1.807, 2.05) is 42.5 Å². The maximum atomic E-state index is 12.0. The van der Waals surface area contributed by atoms with Crippen molar-refractivity contribution >= 4 is 11.9 Å². The van der Waals surface area contributed by atoms with Gasteiger partial charge in [-0.2, -0.15) is 13.2 Å². The quantitative estimate of drug-likeness (QED) is 0.299. The van der Waals surface area contributed by atoms with E-state index in [1.54, 1.807) is 0 Å². The molecule has 5 nitrogen and oxygen atoms in total. The van der Waals surface area contributed by atoms with Gasteiger partial charge in [0.2, 0.25) is 0 Å². The van der Waals surface area contributed by atoms with Crippen LogP contribution in [0.4, 0.5) is 13.2 Å². The third-order valence-electron chi connectivity index (χ3n) is 4.42. The number of hydrogen-bond acceptors (Lipinski definition) is 5. The standard InChI is InChI=1S/C23H26F3NO4/c24-23(25,26)22(29)31-21(28)14-15-27-17-19-10-12-20(13-11-19)30-16-6-2-5-9-18-7-3-1-4-8-18/h1,3-4,7-8,10-13,27H,2,5-6,9,14-17H2. The van der Waals surface area contributed by atoms with E-state index in [0.29, 0.717) is 13.2 Å². The second-order valence-electron chi connectivity index (χ2n) is 6.97. The first-order valence-electron chi connectivity index (χ1n) is 10.1. The van der Waals surface area contributed by atoms with E-state index >= 15 is 0 Å². The summed E-state index contributed by atoms with van der Waals surface area (Å²) < 4.78 is 45.4. The third-order valence-corrected chi connectivity index (χ3v) is 4.42. The van der Waals surface area contributed by atoms with E-state index < -0.39 is 18.1 Å². The van der Waals surface area contributed by atoms with Gasteiger partial charge in [-0.1, -0.05) is 42.5 Å². The summed E-state index contributed by atoms with van der Waals surface area (Å²) in [6.07, 6.45) is -1.26.